The molecule has 1 heterocycles. The summed E-state index contributed by atoms with van der Waals surface area (Å²) in [6, 6.07) is 18.5. The maximum atomic E-state index is 13.9. The van der Waals surface area contributed by atoms with Crippen LogP contribution in [0.25, 0.3) is 11.1 Å². The summed E-state index contributed by atoms with van der Waals surface area (Å²) in [6.07, 6.45) is -1.42. The van der Waals surface area contributed by atoms with Gasteiger partial charge in [-0.3, -0.25) is 0 Å². The van der Waals surface area contributed by atoms with Crippen molar-refractivity contribution in [3.63, 3.8) is 0 Å². The second-order valence-electron chi connectivity index (χ2n) is 6.66. The summed E-state index contributed by atoms with van der Waals surface area (Å²) in [5.41, 5.74) is -0.480. The van der Waals surface area contributed by atoms with Crippen molar-refractivity contribution in [1.29, 1.82) is 0 Å². The van der Waals surface area contributed by atoms with Gasteiger partial charge < -0.3 is 9.47 Å². The van der Waals surface area contributed by atoms with Gasteiger partial charge in [0.15, 0.2) is 16.7 Å². The standard InChI is InChI=1S/C24H15BrF3N2O2S/c1-31-20-7-3-4-8-21(20)32-16-10-11-19(24(26,27)28)18(12-16)17-6-2-5-9-22(17)33-23-29-13-15(25)14-30-23/h2-9,11-14H,1H3. The lowest BCUT2D eigenvalue weighted by atomic mass is 9.99. The van der Waals surface area contributed by atoms with Crippen LogP contribution in [0, 0.1) is 6.07 Å². The van der Waals surface area contributed by atoms with Gasteiger partial charge in [-0.1, -0.05) is 30.3 Å². The number of alkyl halides is 3. The van der Waals surface area contributed by atoms with Crippen molar-refractivity contribution in [2.24, 2.45) is 0 Å². The molecule has 9 heteroatoms. The molecule has 1 aromatic heterocycles. The van der Waals surface area contributed by atoms with Crippen LogP contribution in [0.15, 0.2) is 87.6 Å². The van der Waals surface area contributed by atoms with Crippen molar-refractivity contribution in [3.05, 3.63) is 89.2 Å². The SMILES string of the molecule is COc1ccccc1Oc1[c]cc(C(F)(F)F)c(-c2ccccc2Sc2ncc(Br)cn2)c1. The lowest BCUT2D eigenvalue weighted by Gasteiger charge is -2.17. The summed E-state index contributed by atoms with van der Waals surface area (Å²) in [4.78, 5) is 8.99. The van der Waals surface area contributed by atoms with Crippen LogP contribution in [0.1, 0.15) is 5.56 Å². The zero-order chi connectivity index (χ0) is 23.4. The van der Waals surface area contributed by atoms with E-state index in [0.29, 0.717) is 31.6 Å². The summed E-state index contributed by atoms with van der Waals surface area (Å²) >= 11 is 4.44. The molecule has 0 atom stereocenters. The van der Waals surface area contributed by atoms with E-state index in [-0.39, 0.29) is 11.3 Å². The summed E-state index contributed by atoms with van der Waals surface area (Å²) in [7, 11) is 1.49. The minimum atomic E-state index is -4.58. The second kappa shape index (κ2) is 9.84. The largest absolute Gasteiger partial charge is 0.493 e. The number of rotatable bonds is 6. The van der Waals surface area contributed by atoms with Gasteiger partial charge in [0.1, 0.15) is 5.75 Å². The van der Waals surface area contributed by atoms with E-state index in [1.54, 1.807) is 60.9 Å². The molecule has 33 heavy (non-hydrogen) atoms. The fourth-order valence-corrected chi connectivity index (χ4v) is 4.09. The molecule has 0 fully saturated rings. The smallest absolute Gasteiger partial charge is 0.417 e. The first-order valence-corrected chi connectivity index (χ1v) is 11.1. The van der Waals surface area contributed by atoms with E-state index in [1.165, 1.54) is 24.9 Å². The maximum Gasteiger partial charge on any atom is 0.417 e. The molecule has 3 aromatic carbocycles. The Morgan fingerprint density at radius 3 is 2.30 bits per heavy atom. The molecule has 0 N–H and O–H groups in total. The Labute approximate surface area is 200 Å². The highest BCUT2D eigenvalue weighted by Gasteiger charge is 2.34. The van der Waals surface area contributed by atoms with E-state index in [1.807, 2.05) is 0 Å². The summed E-state index contributed by atoms with van der Waals surface area (Å²) in [5, 5.41) is 0.409. The Kier molecular flexibility index (Phi) is 6.90. The topological polar surface area (TPSA) is 44.2 Å². The predicted molar refractivity (Wildman–Crippen MR) is 123 cm³/mol. The van der Waals surface area contributed by atoms with Gasteiger partial charge >= 0.3 is 6.18 Å². The van der Waals surface area contributed by atoms with Gasteiger partial charge in [-0.25, -0.2) is 9.97 Å². The molecule has 0 saturated carbocycles. The van der Waals surface area contributed by atoms with Crippen LogP contribution in [0.2, 0.25) is 0 Å². The van der Waals surface area contributed by atoms with Crippen LogP contribution in [-0.4, -0.2) is 17.1 Å². The fourth-order valence-electron chi connectivity index (χ4n) is 3.04. The van der Waals surface area contributed by atoms with Crippen LogP contribution in [-0.2, 0) is 6.18 Å². The minimum absolute atomic E-state index is 0.0358. The molecule has 1 radical (unpaired) electrons. The first kappa shape index (κ1) is 23.1. The molecular formula is C24H15BrF3N2O2S. The first-order valence-electron chi connectivity index (χ1n) is 9.54. The van der Waals surface area contributed by atoms with Gasteiger partial charge in [0.25, 0.3) is 0 Å². The zero-order valence-electron chi connectivity index (χ0n) is 17.1. The van der Waals surface area contributed by atoms with E-state index in [2.05, 4.69) is 32.0 Å². The molecule has 0 spiro atoms. The Morgan fingerprint density at radius 1 is 0.939 bits per heavy atom. The van der Waals surface area contributed by atoms with Crippen LogP contribution in [0.5, 0.6) is 17.2 Å². The van der Waals surface area contributed by atoms with Gasteiger partial charge in [0, 0.05) is 23.4 Å². The summed E-state index contributed by atoms with van der Waals surface area (Å²) in [6.45, 7) is 0. The second-order valence-corrected chi connectivity index (χ2v) is 8.58. The van der Waals surface area contributed by atoms with E-state index < -0.39 is 11.7 Å². The molecule has 0 aliphatic carbocycles. The molecule has 0 aliphatic rings. The molecule has 0 amide bonds. The first-order chi connectivity index (χ1) is 15.8. The molecular weight excluding hydrogens is 517 g/mol. The minimum Gasteiger partial charge on any atom is -0.493 e. The number of hydrogen-bond donors (Lipinski definition) is 0. The predicted octanol–water partition coefficient (Wildman–Crippen LogP) is 7.68. The molecule has 0 unspecified atom stereocenters. The van der Waals surface area contributed by atoms with Crippen LogP contribution < -0.4 is 9.47 Å². The highest BCUT2D eigenvalue weighted by molar-refractivity contribution is 9.10. The molecule has 167 valence electrons. The van der Waals surface area contributed by atoms with Crippen molar-refractivity contribution in [3.8, 4) is 28.4 Å². The number of para-hydroxylation sites is 2. The van der Waals surface area contributed by atoms with E-state index >= 15 is 0 Å². The van der Waals surface area contributed by atoms with Crippen LogP contribution in [0.4, 0.5) is 13.2 Å². The van der Waals surface area contributed by atoms with Crippen molar-refractivity contribution in [2.75, 3.05) is 7.11 Å². The maximum absolute atomic E-state index is 13.9. The average Bonchev–Trinajstić information content (AvgIpc) is 2.80. The lowest BCUT2D eigenvalue weighted by molar-refractivity contribution is -0.137. The van der Waals surface area contributed by atoms with Gasteiger partial charge in [0.05, 0.1) is 17.1 Å². The monoisotopic (exact) mass is 531 g/mol. The highest BCUT2D eigenvalue weighted by atomic mass is 79.9. The quantitative estimate of drug-likeness (QED) is 0.239. The molecule has 4 aromatic rings. The number of halogens is 4. The number of benzene rings is 3. The van der Waals surface area contributed by atoms with Crippen LogP contribution in [0.3, 0.4) is 0 Å². The normalized spacial score (nSPS) is 11.3. The van der Waals surface area contributed by atoms with E-state index in [0.717, 1.165) is 6.07 Å². The highest BCUT2D eigenvalue weighted by Crippen LogP contribution is 2.43. The third-order valence-electron chi connectivity index (χ3n) is 4.49. The lowest BCUT2D eigenvalue weighted by Crippen LogP contribution is -2.07. The number of methoxy groups -OCH3 is 1. The molecule has 0 saturated heterocycles. The number of hydrogen-bond acceptors (Lipinski definition) is 5. The molecule has 0 bridgehead atoms. The fraction of sp³-hybridized carbons (Fsp3) is 0.0833. The van der Waals surface area contributed by atoms with Crippen molar-refractivity contribution in [2.45, 2.75) is 16.2 Å². The third kappa shape index (κ3) is 5.48. The molecule has 4 rings (SSSR count). The molecule has 0 aliphatic heterocycles. The van der Waals surface area contributed by atoms with Gasteiger partial charge in [0.2, 0.25) is 0 Å². The summed E-state index contributed by atoms with van der Waals surface area (Å²) in [5.74, 6) is 0.950. The third-order valence-corrected chi connectivity index (χ3v) is 5.87. The van der Waals surface area contributed by atoms with Crippen molar-refractivity contribution < 1.29 is 22.6 Å². The number of aromatic nitrogens is 2. The number of nitrogens with zero attached hydrogens (tertiary/aromatic N) is 2. The molecule has 4 nitrogen and oxygen atoms in total. The Morgan fingerprint density at radius 2 is 1.61 bits per heavy atom. The van der Waals surface area contributed by atoms with Crippen molar-refractivity contribution >= 4 is 27.7 Å². The Balaban J connectivity index is 1.79. The van der Waals surface area contributed by atoms with Crippen LogP contribution >= 0.6 is 27.7 Å². The summed E-state index contributed by atoms with van der Waals surface area (Å²) < 4.78 is 53.5. The van der Waals surface area contributed by atoms with Gasteiger partial charge in [-0.05, 0) is 69.2 Å². The van der Waals surface area contributed by atoms with Gasteiger partial charge in [-0.2, -0.15) is 13.2 Å². The average molecular weight is 532 g/mol. The van der Waals surface area contributed by atoms with E-state index in [4.69, 9.17) is 9.47 Å². The van der Waals surface area contributed by atoms with Crippen molar-refractivity contribution in [1.82, 2.24) is 9.97 Å². The van der Waals surface area contributed by atoms with E-state index in [9.17, 15) is 13.2 Å². The Hall–Kier alpha value is -3.04. The van der Waals surface area contributed by atoms with Gasteiger partial charge in [-0.15, -0.1) is 0 Å². The Bertz CT molecular complexity index is 1270. The zero-order valence-corrected chi connectivity index (χ0v) is 19.5. The number of ether oxygens (including phenoxy) is 2.